The van der Waals surface area contributed by atoms with Gasteiger partial charge in [0.2, 0.25) is 0 Å². The minimum Gasteiger partial charge on any atom is -0.490 e. The van der Waals surface area contributed by atoms with E-state index in [0.717, 1.165) is 10.0 Å². The molecule has 0 aliphatic rings. The van der Waals surface area contributed by atoms with E-state index in [9.17, 15) is 4.79 Å². The second kappa shape index (κ2) is 9.74. The van der Waals surface area contributed by atoms with E-state index < -0.39 is 0 Å². The number of ether oxygens (including phenoxy) is 2. The van der Waals surface area contributed by atoms with Crippen LogP contribution in [0.25, 0.3) is 6.08 Å². The van der Waals surface area contributed by atoms with Crippen molar-refractivity contribution in [2.24, 2.45) is 0 Å². The van der Waals surface area contributed by atoms with Crippen LogP contribution in [0.5, 0.6) is 11.5 Å². The van der Waals surface area contributed by atoms with Crippen LogP contribution in [0.15, 0.2) is 53.1 Å². The van der Waals surface area contributed by atoms with Crippen LogP contribution < -0.4 is 20.1 Å². The molecule has 0 fully saturated rings. The lowest BCUT2D eigenvalue weighted by Crippen LogP contribution is -2.23. The molecule has 2 N–H and O–H groups in total. The zero-order valence-electron chi connectivity index (χ0n) is 14.2. The Labute approximate surface area is 156 Å². The third-order valence-electron chi connectivity index (χ3n) is 3.16. The monoisotopic (exact) mass is 404 g/mol. The Morgan fingerprint density at radius 1 is 1.04 bits per heavy atom. The molecule has 2 aromatic carbocycles. The molecular weight excluding hydrogens is 384 g/mol. The maximum absolute atomic E-state index is 12.0. The fourth-order valence-corrected chi connectivity index (χ4v) is 2.35. The van der Waals surface area contributed by atoms with Gasteiger partial charge in [0.1, 0.15) is 0 Å². The summed E-state index contributed by atoms with van der Waals surface area (Å²) in [7, 11) is 0. The molecule has 25 heavy (non-hydrogen) atoms. The van der Waals surface area contributed by atoms with E-state index in [1.54, 1.807) is 24.4 Å². The highest BCUT2D eigenvalue weighted by molar-refractivity contribution is 9.10. The average Bonchev–Trinajstić information content (AvgIpc) is 2.59. The number of amides is 2. The smallest absolute Gasteiger partial charge is 0.323 e. The van der Waals surface area contributed by atoms with Gasteiger partial charge in [-0.05, 0) is 49.8 Å². The molecule has 2 rings (SSSR count). The summed E-state index contributed by atoms with van der Waals surface area (Å²) in [4.78, 5) is 12.0. The van der Waals surface area contributed by atoms with E-state index in [0.29, 0.717) is 30.4 Å². The van der Waals surface area contributed by atoms with Crippen LogP contribution in [0, 0.1) is 0 Å². The third-order valence-corrected chi connectivity index (χ3v) is 3.69. The molecule has 0 heterocycles. The SMILES string of the molecule is CCOc1ccc(NC(=O)N/C=C/c2ccc(Br)cc2)cc1OCC. The summed E-state index contributed by atoms with van der Waals surface area (Å²) < 4.78 is 12.1. The lowest BCUT2D eigenvalue weighted by atomic mass is 10.2. The number of nitrogens with one attached hydrogen (secondary N) is 2. The van der Waals surface area contributed by atoms with Crippen molar-refractivity contribution in [3.63, 3.8) is 0 Å². The number of anilines is 1. The van der Waals surface area contributed by atoms with E-state index in [2.05, 4.69) is 26.6 Å². The first kappa shape index (κ1) is 18.9. The van der Waals surface area contributed by atoms with Gasteiger partial charge in [0.15, 0.2) is 11.5 Å². The third kappa shape index (κ3) is 6.15. The molecule has 0 aliphatic carbocycles. The van der Waals surface area contributed by atoms with E-state index in [1.165, 1.54) is 0 Å². The Balaban J connectivity index is 1.95. The van der Waals surface area contributed by atoms with Crippen molar-refractivity contribution in [2.75, 3.05) is 18.5 Å². The zero-order chi connectivity index (χ0) is 18.1. The fraction of sp³-hybridized carbons (Fsp3) is 0.211. The standard InChI is InChI=1S/C19H21BrN2O3/c1-3-24-17-10-9-16(13-18(17)25-4-2)22-19(23)21-12-11-14-5-7-15(20)8-6-14/h5-13H,3-4H2,1-2H3,(H2,21,22,23)/b12-11+. The van der Waals surface area contributed by atoms with Crippen LogP contribution in [-0.2, 0) is 0 Å². The number of carbonyl (C=O) groups is 1. The van der Waals surface area contributed by atoms with Crippen molar-refractivity contribution >= 4 is 33.7 Å². The van der Waals surface area contributed by atoms with Crippen LogP contribution >= 0.6 is 15.9 Å². The first-order valence-electron chi connectivity index (χ1n) is 8.01. The van der Waals surface area contributed by atoms with Crippen molar-refractivity contribution in [1.82, 2.24) is 5.32 Å². The van der Waals surface area contributed by atoms with Crippen LogP contribution in [0.4, 0.5) is 10.5 Å². The van der Waals surface area contributed by atoms with Gasteiger partial charge in [0.25, 0.3) is 0 Å². The van der Waals surface area contributed by atoms with Gasteiger partial charge >= 0.3 is 6.03 Å². The van der Waals surface area contributed by atoms with Crippen LogP contribution in [0.1, 0.15) is 19.4 Å². The number of urea groups is 1. The maximum atomic E-state index is 12.0. The van der Waals surface area contributed by atoms with Crippen molar-refractivity contribution in [2.45, 2.75) is 13.8 Å². The Morgan fingerprint density at radius 3 is 2.40 bits per heavy atom. The van der Waals surface area contributed by atoms with E-state index >= 15 is 0 Å². The molecule has 2 amide bonds. The Morgan fingerprint density at radius 2 is 1.72 bits per heavy atom. The van der Waals surface area contributed by atoms with Crippen LogP contribution in [0.2, 0.25) is 0 Å². The molecule has 0 bridgehead atoms. The summed E-state index contributed by atoms with van der Waals surface area (Å²) in [5.74, 6) is 1.26. The topological polar surface area (TPSA) is 59.6 Å². The Bertz CT molecular complexity index is 730. The summed E-state index contributed by atoms with van der Waals surface area (Å²) in [6.07, 6.45) is 3.41. The molecule has 5 nitrogen and oxygen atoms in total. The molecule has 6 heteroatoms. The van der Waals surface area contributed by atoms with Gasteiger partial charge in [0, 0.05) is 22.4 Å². The second-order valence-corrected chi connectivity index (χ2v) is 5.93. The summed E-state index contributed by atoms with van der Waals surface area (Å²) in [6, 6.07) is 12.7. The minimum atomic E-state index is -0.333. The van der Waals surface area contributed by atoms with E-state index in [1.807, 2.05) is 44.2 Å². The summed E-state index contributed by atoms with van der Waals surface area (Å²) in [5.41, 5.74) is 1.62. The largest absolute Gasteiger partial charge is 0.490 e. The number of hydrogen-bond donors (Lipinski definition) is 2. The van der Waals surface area contributed by atoms with E-state index in [-0.39, 0.29) is 6.03 Å². The summed E-state index contributed by atoms with van der Waals surface area (Å²) in [5, 5.41) is 5.43. The number of halogens is 1. The lowest BCUT2D eigenvalue weighted by molar-refractivity contribution is 0.255. The molecule has 0 saturated carbocycles. The van der Waals surface area contributed by atoms with Crippen molar-refractivity contribution in [3.8, 4) is 11.5 Å². The number of rotatable bonds is 7. The molecule has 0 spiro atoms. The number of carbonyl (C=O) groups excluding carboxylic acids is 1. The molecule has 2 aromatic rings. The molecule has 0 unspecified atom stereocenters. The Kier molecular flexibility index (Phi) is 7.35. The summed E-state index contributed by atoms with van der Waals surface area (Å²) >= 11 is 3.38. The highest BCUT2D eigenvalue weighted by Gasteiger charge is 2.07. The average molecular weight is 405 g/mol. The van der Waals surface area contributed by atoms with Gasteiger partial charge in [-0.2, -0.15) is 0 Å². The molecule has 0 atom stereocenters. The van der Waals surface area contributed by atoms with Gasteiger partial charge in [-0.3, -0.25) is 0 Å². The highest BCUT2D eigenvalue weighted by Crippen LogP contribution is 2.30. The quantitative estimate of drug-likeness (QED) is 0.679. The van der Waals surface area contributed by atoms with Crippen molar-refractivity contribution in [3.05, 3.63) is 58.7 Å². The number of hydrogen-bond acceptors (Lipinski definition) is 3. The molecule has 132 valence electrons. The number of benzene rings is 2. The van der Waals surface area contributed by atoms with Crippen LogP contribution in [-0.4, -0.2) is 19.2 Å². The Hall–Kier alpha value is -2.47. The second-order valence-electron chi connectivity index (χ2n) is 5.01. The van der Waals surface area contributed by atoms with Gasteiger partial charge in [-0.1, -0.05) is 28.1 Å². The fourth-order valence-electron chi connectivity index (χ4n) is 2.08. The van der Waals surface area contributed by atoms with Gasteiger partial charge in [-0.15, -0.1) is 0 Å². The van der Waals surface area contributed by atoms with E-state index in [4.69, 9.17) is 9.47 Å². The zero-order valence-corrected chi connectivity index (χ0v) is 15.8. The summed E-state index contributed by atoms with van der Waals surface area (Å²) in [6.45, 7) is 4.88. The predicted octanol–water partition coefficient (Wildman–Crippen LogP) is 5.04. The van der Waals surface area contributed by atoms with Gasteiger partial charge < -0.3 is 20.1 Å². The molecule has 0 radical (unpaired) electrons. The van der Waals surface area contributed by atoms with Gasteiger partial charge in [0.05, 0.1) is 13.2 Å². The minimum absolute atomic E-state index is 0.333. The first-order chi connectivity index (χ1) is 12.1. The molecule has 0 aromatic heterocycles. The normalized spacial score (nSPS) is 10.5. The predicted molar refractivity (Wildman–Crippen MR) is 104 cm³/mol. The van der Waals surface area contributed by atoms with Crippen molar-refractivity contribution < 1.29 is 14.3 Å². The van der Waals surface area contributed by atoms with Crippen molar-refractivity contribution in [1.29, 1.82) is 0 Å². The molecular formula is C19H21BrN2O3. The van der Waals surface area contributed by atoms with Crippen LogP contribution in [0.3, 0.4) is 0 Å². The first-order valence-corrected chi connectivity index (χ1v) is 8.81. The highest BCUT2D eigenvalue weighted by atomic mass is 79.9. The maximum Gasteiger partial charge on any atom is 0.323 e. The molecule has 0 saturated heterocycles. The molecule has 0 aliphatic heterocycles. The van der Waals surface area contributed by atoms with Gasteiger partial charge in [-0.25, -0.2) is 4.79 Å². The lowest BCUT2D eigenvalue weighted by Gasteiger charge is -2.12.